The molecule has 106 valence electrons. The maximum Gasteiger partial charge on any atom is 0.220 e. The highest BCUT2D eigenvalue weighted by Crippen LogP contribution is 2.19. The van der Waals surface area contributed by atoms with Crippen LogP contribution in [0.3, 0.4) is 0 Å². The molecule has 0 spiro atoms. The predicted molar refractivity (Wildman–Crippen MR) is 74.7 cm³/mol. The molecule has 1 aromatic carbocycles. The molecule has 1 amide bonds. The summed E-state index contributed by atoms with van der Waals surface area (Å²) in [4.78, 5) is 11.9. The van der Waals surface area contributed by atoms with Crippen LogP contribution in [0.5, 0.6) is 0 Å². The first-order valence-corrected chi connectivity index (χ1v) is 6.67. The summed E-state index contributed by atoms with van der Waals surface area (Å²) < 4.78 is 5.20. The molecular formula is C15H23NO3. The first-order valence-electron chi connectivity index (χ1n) is 6.67. The van der Waals surface area contributed by atoms with Gasteiger partial charge in [0.1, 0.15) is 0 Å². The van der Waals surface area contributed by atoms with Crippen LogP contribution in [0.25, 0.3) is 0 Å². The van der Waals surface area contributed by atoms with Gasteiger partial charge in [0.2, 0.25) is 5.91 Å². The lowest BCUT2D eigenvalue weighted by molar-refractivity contribution is -0.123. The molecule has 1 unspecified atom stereocenters. The normalized spacial score (nSPS) is 13.8. The lowest BCUT2D eigenvalue weighted by Gasteiger charge is -2.29. The Kier molecular flexibility index (Phi) is 6.53. The molecule has 19 heavy (non-hydrogen) atoms. The van der Waals surface area contributed by atoms with Crippen molar-refractivity contribution in [2.24, 2.45) is 0 Å². The lowest BCUT2D eigenvalue weighted by atomic mass is 9.92. The summed E-state index contributed by atoms with van der Waals surface area (Å²) in [5.74, 6) is -0.0693. The first-order chi connectivity index (χ1) is 9.12. The van der Waals surface area contributed by atoms with Crippen LogP contribution in [0.1, 0.15) is 32.3 Å². The fraction of sp³-hybridized carbons (Fsp3) is 0.533. The Morgan fingerprint density at radius 3 is 2.63 bits per heavy atom. The van der Waals surface area contributed by atoms with Gasteiger partial charge in [-0.05, 0) is 25.8 Å². The quantitative estimate of drug-likeness (QED) is 0.705. The van der Waals surface area contributed by atoms with Crippen LogP contribution in [0, 0.1) is 0 Å². The molecule has 1 rings (SSSR count). The van der Waals surface area contributed by atoms with E-state index in [1.165, 1.54) is 0 Å². The highest BCUT2D eigenvalue weighted by Gasteiger charge is 2.27. The van der Waals surface area contributed by atoms with Crippen LogP contribution in [-0.4, -0.2) is 30.8 Å². The molecule has 0 fully saturated rings. The molecule has 4 heteroatoms. The van der Waals surface area contributed by atoms with Crippen molar-refractivity contribution < 1.29 is 14.6 Å². The molecule has 1 aromatic rings. The monoisotopic (exact) mass is 265 g/mol. The summed E-state index contributed by atoms with van der Waals surface area (Å²) in [6.07, 6.45) is 1.10. The molecule has 0 aliphatic rings. The summed E-state index contributed by atoms with van der Waals surface area (Å²) in [5.41, 5.74) is 0.167. The van der Waals surface area contributed by atoms with E-state index < -0.39 is 5.54 Å². The molecule has 4 nitrogen and oxygen atoms in total. The van der Waals surface area contributed by atoms with Crippen molar-refractivity contribution in [2.75, 3.05) is 19.8 Å². The summed E-state index contributed by atoms with van der Waals surface area (Å²) in [7, 11) is 0. The van der Waals surface area contributed by atoms with Gasteiger partial charge in [0.15, 0.2) is 0 Å². The van der Waals surface area contributed by atoms with E-state index >= 15 is 0 Å². The van der Waals surface area contributed by atoms with Gasteiger partial charge in [0.05, 0.1) is 12.1 Å². The van der Waals surface area contributed by atoms with Crippen molar-refractivity contribution in [2.45, 2.75) is 32.2 Å². The summed E-state index contributed by atoms with van der Waals surface area (Å²) >= 11 is 0. The molecule has 0 saturated carbocycles. The largest absolute Gasteiger partial charge is 0.394 e. The van der Waals surface area contributed by atoms with Crippen LogP contribution in [0.2, 0.25) is 0 Å². The first kappa shape index (κ1) is 15.7. The van der Waals surface area contributed by atoms with E-state index in [0.717, 1.165) is 5.56 Å². The molecule has 0 radical (unpaired) electrons. The fourth-order valence-corrected chi connectivity index (χ4v) is 1.86. The van der Waals surface area contributed by atoms with E-state index in [9.17, 15) is 9.90 Å². The summed E-state index contributed by atoms with van der Waals surface area (Å²) in [5, 5.41) is 12.4. The number of ether oxygens (including phenoxy) is 1. The maximum atomic E-state index is 11.9. The van der Waals surface area contributed by atoms with Gasteiger partial charge in [-0.3, -0.25) is 4.79 Å². The third-order valence-electron chi connectivity index (χ3n) is 3.04. The van der Waals surface area contributed by atoms with Gasteiger partial charge >= 0.3 is 0 Å². The van der Waals surface area contributed by atoms with E-state index in [1.54, 1.807) is 0 Å². The molecule has 1 atom stereocenters. The van der Waals surface area contributed by atoms with Crippen molar-refractivity contribution in [3.8, 4) is 0 Å². The number of aliphatic hydroxyl groups excluding tert-OH is 1. The highest BCUT2D eigenvalue weighted by atomic mass is 16.5. The topological polar surface area (TPSA) is 58.6 Å². The number of nitrogens with one attached hydrogen (secondary N) is 1. The van der Waals surface area contributed by atoms with Crippen molar-refractivity contribution in [1.82, 2.24) is 5.32 Å². The van der Waals surface area contributed by atoms with Crippen molar-refractivity contribution in [1.29, 1.82) is 0 Å². The summed E-state index contributed by atoms with van der Waals surface area (Å²) in [6.45, 7) is 4.88. The van der Waals surface area contributed by atoms with Gasteiger partial charge in [-0.25, -0.2) is 0 Å². The minimum Gasteiger partial charge on any atom is -0.394 e. The number of carbonyl (C=O) groups is 1. The average Bonchev–Trinajstić information content (AvgIpc) is 2.44. The lowest BCUT2D eigenvalue weighted by Crippen LogP contribution is -2.46. The highest BCUT2D eigenvalue weighted by molar-refractivity contribution is 5.77. The number of aliphatic hydroxyl groups is 1. The Bertz CT molecular complexity index is 380. The second-order valence-electron chi connectivity index (χ2n) is 4.70. The van der Waals surface area contributed by atoms with Crippen LogP contribution < -0.4 is 5.32 Å². The van der Waals surface area contributed by atoms with Gasteiger partial charge in [0, 0.05) is 19.6 Å². The zero-order chi connectivity index (χ0) is 14.1. The Balaban J connectivity index is 2.54. The Hall–Kier alpha value is -1.39. The Morgan fingerprint density at radius 1 is 1.37 bits per heavy atom. The van der Waals surface area contributed by atoms with Crippen LogP contribution in [-0.2, 0) is 15.1 Å². The minimum absolute atomic E-state index is 0.0693. The number of benzene rings is 1. The molecule has 0 aromatic heterocycles. The number of amides is 1. The van der Waals surface area contributed by atoms with Gasteiger partial charge in [-0.1, -0.05) is 30.3 Å². The number of carbonyl (C=O) groups excluding carboxylic acids is 1. The summed E-state index contributed by atoms with van der Waals surface area (Å²) in [6, 6.07) is 9.49. The molecule has 0 bridgehead atoms. The van der Waals surface area contributed by atoms with Gasteiger partial charge in [-0.2, -0.15) is 0 Å². The minimum atomic E-state index is -0.732. The number of hydrogen-bond acceptors (Lipinski definition) is 3. The van der Waals surface area contributed by atoms with Crippen molar-refractivity contribution in [3.63, 3.8) is 0 Å². The zero-order valence-electron chi connectivity index (χ0n) is 11.7. The molecular weight excluding hydrogens is 242 g/mol. The van der Waals surface area contributed by atoms with E-state index in [2.05, 4.69) is 5.32 Å². The van der Waals surface area contributed by atoms with Crippen LogP contribution >= 0.6 is 0 Å². The molecule has 0 saturated heterocycles. The molecule has 0 heterocycles. The van der Waals surface area contributed by atoms with Gasteiger partial charge < -0.3 is 15.2 Å². The Morgan fingerprint density at radius 2 is 2.05 bits per heavy atom. The Labute approximate surface area is 114 Å². The van der Waals surface area contributed by atoms with Gasteiger partial charge in [-0.15, -0.1) is 0 Å². The van der Waals surface area contributed by atoms with E-state index in [1.807, 2.05) is 44.2 Å². The van der Waals surface area contributed by atoms with Gasteiger partial charge in [0.25, 0.3) is 0 Å². The fourth-order valence-electron chi connectivity index (χ4n) is 1.86. The van der Waals surface area contributed by atoms with E-state index in [-0.39, 0.29) is 12.5 Å². The molecule has 2 N–H and O–H groups in total. The second kappa shape index (κ2) is 7.92. The van der Waals surface area contributed by atoms with Crippen LogP contribution in [0.4, 0.5) is 0 Å². The van der Waals surface area contributed by atoms with Crippen LogP contribution in [0.15, 0.2) is 30.3 Å². The molecule has 0 aliphatic heterocycles. The average molecular weight is 265 g/mol. The standard InChI is InChI=1S/C15H23NO3/c1-3-19-11-7-10-14(18)16-15(2,12-17)13-8-5-4-6-9-13/h4-6,8-9,17H,3,7,10-12H2,1-2H3,(H,16,18). The molecule has 0 aliphatic carbocycles. The smallest absolute Gasteiger partial charge is 0.220 e. The predicted octanol–water partition coefficient (Wildman–Crippen LogP) is 1.83. The zero-order valence-corrected chi connectivity index (χ0v) is 11.7. The third-order valence-corrected chi connectivity index (χ3v) is 3.04. The van der Waals surface area contributed by atoms with E-state index in [4.69, 9.17) is 4.74 Å². The van der Waals surface area contributed by atoms with Crippen molar-refractivity contribution >= 4 is 5.91 Å². The number of hydrogen-bond donors (Lipinski definition) is 2. The SMILES string of the molecule is CCOCCCC(=O)NC(C)(CO)c1ccccc1. The maximum absolute atomic E-state index is 11.9. The van der Waals surface area contributed by atoms with Crippen molar-refractivity contribution in [3.05, 3.63) is 35.9 Å². The van der Waals surface area contributed by atoms with E-state index in [0.29, 0.717) is 26.1 Å². The second-order valence-corrected chi connectivity index (χ2v) is 4.70. The third kappa shape index (κ3) is 5.01. The number of rotatable bonds is 8.